The highest BCUT2D eigenvalue weighted by Gasteiger charge is 2.38. The first kappa shape index (κ1) is 11.5. The second-order valence-corrected chi connectivity index (χ2v) is 3.59. The maximum Gasteiger partial charge on any atom is 0.423 e. The van der Waals surface area contributed by atoms with E-state index in [4.69, 9.17) is 0 Å². The van der Waals surface area contributed by atoms with Crippen LogP contribution in [0.25, 0.3) is 5.69 Å². The zero-order valence-electron chi connectivity index (χ0n) is 8.88. The van der Waals surface area contributed by atoms with Gasteiger partial charge in [-0.05, 0) is 19.1 Å². The van der Waals surface area contributed by atoms with Crippen LogP contribution in [0.15, 0.2) is 35.1 Å². The fourth-order valence-corrected chi connectivity index (χ4v) is 1.64. The fourth-order valence-electron chi connectivity index (χ4n) is 1.64. The molecule has 0 bridgehead atoms. The van der Waals surface area contributed by atoms with Crippen LogP contribution in [0, 0.1) is 6.92 Å². The molecule has 1 aromatic heterocycles. The van der Waals surface area contributed by atoms with Gasteiger partial charge in [0.2, 0.25) is 0 Å². The Balaban J connectivity index is 2.65. The minimum absolute atomic E-state index is 0.189. The minimum Gasteiger partial charge on any atom is -0.295 e. The Bertz CT molecular complexity index is 581. The van der Waals surface area contributed by atoms with Crippen LogP contribution in [0.1, 0.15) is 11.3 Å². The van der Waals surface area contributed by atoms with Crippen LogP contribution < -0.4 is 5.56 Å². The molecule has 17 heavy (non-hydrogen) atoms. The van der Waals surface area contributed by atoms with Gasteiger partial charge in [-0.25, -0.2) is 4.68 Å². The van der Waals surface area contributed by atoms with Crippen molar-refractivity contribution < 1.29 is 13.2 Å². The Hall–Kier alpha value is -1.98. The number of benzene rings is 1. The molecule has 0 amide bonds. The van der Waals surface area contributed by atoms with Crippen LogP contribution in [0.2, 0.25) is 0 Å². The third-order valence-electron chi connectivity index (χ3n) is 2.37. The van der Waals surface area contributed by atoms with Crippen LogP contribution in [0.4, 0.5) is 13.2 Å². The summed E-state index contributed by atoms with van der Waals surface area (Å²) in [6.45, 7) is 1.23. The number of H-pyrrole nitrogens is 1. The number of aromatic amines is 1. The zero-order chi connectivity index (χ0) is 12.6. The van der Waals surface area contributed by atoms with Crippen molar-refractivity contribution in [2.24, 2.45) is 0 Å². The topological polar surface area (TPSA) is 37.8 Å². The second kappa shape index (κ2) is 3.80. The molecule has 0 spiro atoms. The van der Waals surface area contributed by atoms with Gasteiger partial charge in [-0.1, -0.05) is 18.2 Å². The van der Waals surface area contributed by atoms with Crippen molar-refractivity contribution in [2.75, 3.05) is 0 Å². The van der Waals surface area contributed by atoms with Crippen molar-refractivity contribution in [1.29, 1.82) is 0 Å². The molecule has 2 aromatic rings. The van der Waals surface area contributed by atoms with E-state index in [0.717, 1.165) is 4.68 Å². The van der Waals surface area contributed by atoms with Crippen LogP contribution in [0.5, 0.6) is 0 Å². The largest absolute Gasteiger partial charge is 0.423 e. The van der Waals surface area contributed by atoms with Gasteiger partial charge in [0, 0.05) is 5.69 Å². The number of para-hydroxylation sites is 1. The molecule has 0 saturated heterocycles. The maximum atomic E-state index is 12.6. The first-order valence-electron chi connectivity index (χ1n) is 4.85. The molecule has 0 aliphatic carbocycles. The molecular weight excluding hydrogens is 233 g/mol. The van der Waals surface area contributed by atoms with Crippen LogP contribution >= 0.6 is 0 Å². The molecule has 0 atom stereocenters. The number of hydrogen-bond acceptors (Lipinski definition) is 1. The van der Waals surface area contributed by atoms with Crippen molar-refractivity contribution in [3.63, 3.8) is 0 Å². The van der Waals surface area contributed by atoms with Crippen molar-refractivity contribution >= 4 is 0 Å². The minimum atomic E-state index is -4.64. The van der Waals surface area contributed by atoms with Gasteiger partial charge in [-0.3, -0.25) is 9.89 Å². The zero-order valence-corrected chi connectivity index (χ0v) is 8.88. The molecular formula is C11H9F3N2O. The van der Waals surface area contributed by atoms with Crippen molar-refractivity contribution in [3.05, 3.63) is 51.9 Å². The number of halogens is 3. The monoisotopic (exact) mass is 242 g/mol. The summed E-state index contributed by atoms with van der Waals surface area (Å²) in [4.78, 5) is 11.6. The summed E-state index contributed by atoms with van der Waals surface area (Å²) in [5, 5.41) is 2.42. The van der Waals surface area contributed by atoms with E-state index in [1.54, 1.807) is 30.3 Å². The SMILES string of the molecule is Cc1[nH]n(-c2ccccc2)c(=O)c1C(F)(F)F. The third kappa shape index (κ3) is 1.98. The van der Waals surface area contributed by atoms with E-state index in [2.05, 4.69) is 5.10 Å². The lowest BCUT2D eigenvalue weighted by Gasteiger charge is -2.02. The van der Waals surface area contributed by atoms with Gasteiger partial charge < -0.3 is 0 Å². The number of aryl methyl sites for hydroxylation is 1. The number of hydrogen-bond donors (Lipinski definition) is 1. The van der Waals surface area contributed by atoms with Gasteiger partial charge in [0.05, 0.1) is 5.69 Å². The van der Waals surface area contributed by atoms with E-state index >= 15 is 0 Å². The molecule has 0 aliphatic heterocycles. The lowest BCUT2D eigenvalue weighted by atomic mass is 10.2. The highest BCUT2D eigenvalue weighted by Crippen LogP contribution is 2.28. The fraction of sp³-hybridized carbons (Fsp3) is 0.182. The Labute approximate surface area is 94.5 Å². The van der Waals surface area contributed by atoms with Crippen LogP contribution in [-0.2, 0) is 6.18 Å². The number of rotatable bonds is 1. The van der Waals surface area contributed by atoms with Crippen molar-refractivity contribution in [2.45, 2.75) is 13.1 Å². The molecule has 0 fully saturated rings. The summed E-state index contributed by atoms with van der Waals surface area (Å²) in [5.41, 5.74) is -2.05. The first-order chi connectivity index (χ1) is 7.91. The third-order valence-corrected chi connectivity index (χ3v) is 2.37. The average Bonchev–Trinajstić information content (AvgIpc) is 2.54. The molecule has 2 rings (SSSR count). The average molecular weight is 242 g/mol. The number of alkyl halides is 3. The molecule has 1 aromatic carbocycles. The van der Waals surface area contributed by atoms with Gasteiger partial charge in [-0.15, -0.1) is 0 Å². The van der Waals surface area contributed by atoms with Gasteiger partial charge in [0.1, 0.15) is 5.56 Å². The van der Waals surface area contributed by atoms with Crippen LogP contribution in [0.3, 0.4) is 0 Å². The van der Waals surface area contributed by atoms with E-state index < -0.39 is 17.3 Å². The number of aromatic nitrogens is 2. The van der Waals surface area contributed by atoms with E-state index in [1.807, 2.05) is 0 Å². The molecule has 0 radical (unpaired) electrons. The first-order valence-corrected chi connectivity index (χ1v) is 4.85. The Morgan fingerprint density at radius 2 is 1.76 bits per heavy atom. The number of nitrogens with one attached hydrogen (secondary N) is 1. The summed E-state index contributed by atoms with van der Waals surface area (Å²) >= 11 is 0. The van der Waals surface area contributed by atoms with E-state index in [1.165, 1.54) is 6.92 Å². The van der Waals surface area contributed by atoms with E-state index in [-0.39, 0.29) is 5.69 Å². The Kier molecular flexibility index (Phi) is 2.57. The summed E-state index contributed by atoms with van der Waals surface area (Å²) in [6.07, 6.45) is -4.64. The number of nitrogens with zero attached hydrogens (tertiary/aromatic N) is 1. The molecule has 0 unspecified atom stereocenters. The summed E-state index contributed by atoms with van der Waals surface area (Å²) in [6, 6.07) is 8.11. The molecule has 0 saturated carbocycles. The van der Waals surface area contributed by atoms with Crippen molar-refractivity contribution in [3.8, 4) is 5.69 Å². The molecule has 3 nitrogen and oxygen atoms in total. The Morgan fingerprint density at radius 1 is 1.18 bits per heavy atom. The highest BCUT2D eigenvalue weighted by atomic mass is 19.4. The molecule has 1 N–H and O–H groups in total. The smallest absolute Gasteiger partial charge is 0.295 e. The normalized spacial score (nSPS) is 11.8. The molecule has 1 heterocycles. The molecule has 6 heteroatoms. The van der Waals surface area contributed by atoms with E-state index in [9.17, 15) is 18.0 Å². The lowest BCUT2D eigenvalue weighted by molar-refractivity contribution is -0.138. The highest BCUT2D eigenvalue weighted by molar-refractivity contribution is 5.33. The predicted octanol–water partition coefficient (Wildman–Crippen LogP) is 2.49. The quantitative estimate of drug-likeness (QED) is 0.819. The molecule has 0 aliphatic rings. The van der Waals surface area contributed by atoms with Gasteiger partial charge >= 0.3 is 6.18 Å². The van der Waals surface area contributed by atoms with Crippen molar-refractivity contribution in [1.82, 2.24) is 9.78 Å². The van der Waals surface area contributed by atoms with Gasteiger partial charge in [0.25, 0.3) is 5.56 Å². The summed E-state index contributed by atoms with van der Waals surface area (Å²) in [7, 11) is 0. The second-order valence-electron chi connectivity index (χ2n) is 3.59. The van der Waals surface area contributed by atoms with Gasteiger partial charge in [0.15, 0.2) is 0 Å². The Morgan fingerprint density at radius 3 is 2.24 bits per heavy atom. The maximum absolute atomic E-state index is 12.6. The standard InChI is InChI=1S/C11H9F3N2O/c1-7-9(11(12,13)14)10(17)16(15-7)8-5-3-2-4-6-8/h2-6,15H,1H3. The van der Waals surface area contributed by atoms with E-state index in [0.29, 0.717) is 5.69 Å². The molecule has 90 valence electrons. The van der Waals surface area contributed by atoms with Gasteiger partial charge in [-0.2, -0.15) is 13.2 Å². The predicted molar refractivity (Wildman–Crippen MR) is 56.1 cm³/mol. The summed E-state index contributed by atoms with van der Waals surface area (Å²) in [5.74, 6) is 0. The van der Waals surface area contributed by atoms with Crippen LogP contribution in [-0.4, -0.2) is 9.78 Å². The lowest BCUT2D eigenvalue weighted by Crippen LogP contribution is -2.22. The summed E-state index contributed by atoms with van der Waals surface area (Å²) < 4.78 is 38.7.